The number of hydrogen-bond donors (Lipinski definition) is 1. The molecule has 1 atom stereocenters. The Morgan fingerprint density at radius 1 is 1.40 bits per heavy atom. The third-order valence-corrected chi connectivity index (χ3v) is 5.31. The van der Waals surface area contributed by atoms with Gasteiger partial charge in [0, 0.05) is 29.7 Å². The summed E-state index contributed by atoms with van der Waals surface area (Å²) in [6.07, 6.45) is 4.19. The van der Waals surface area contributed by atoms with Gasteiger partial charge in [-0.25, -0.2) is 4.98 Å². The molecule has 1 amide bonds. The normalized spacial score (nSPS) is 19.0. The molecule has 1 aliphatic heterocycles. The van der Waals surface area contributed by atoms with E-state index in [1.165, 1.54) is 5.57 Å². The van der Waals surface area contributed by atoms with Gasteiger partial charge in [-0.15, -0.1) is 11.3 Å². The summed E-state index contributed by atoms with van der Waals surface area (Å²) in [5.74, 6) is 0.195. The van der Waals surface area contributed by atoms with Crippen LogP contribution in [0.2, 0.25) is 0 Å². The van der Waals surface area contributed by atoms with Crippen molar-refractivity contribution < 1.29 is 4.79 Å². The van der Waals surface area contributed by atoms with Crippen molar-refractivity contribution in [1.29, 1.82) is 0 Å². The van der Waals surface area contributed by atoms with Crippen LogP contribution in [0, 0.1) is 5.92 Å². The van der Waals surface area contributed by atoms with Crippen LogP contribution < -0.4 is 5.32 Å². The van der Waals surface area contributed by atoms with Crippen LogP contribution >= 0.6 is 11.3 Å². The number of nitrogens with one attached hydrogen (secondary N) is 1. The van der Waals surface area contributed by atoms with E-state index in [1.807, 2.05) is 35.2 Å². The van der Waals surface area contributed by atoms with Crippen molar-refractivity contribution in [2.45, 2.75) is 26.7 Å². The van der Waals surface area contributed by atoms with E-state index in [9.17, 15) is 4.79 Å². The Bertz CT molecular complexity index is 722. The fourth-order valence-corrected chi connectivity index (χ4v) is 3.74. The van der Waals surface area contributed by atoms with Gasteiger partial charge in [-0.2, -0.15) is 0 Å². The van der Waals surface area contributed by atoms with E-state index in [0.29, 0.717) is 0 Å². The number of thiazole rings is 1. The molecule has 4 nitrogen and oxygen atoms in total. The zero-order valence-electron chi connectivity index (χ0n) is 14.9. The summed E-state index contributed by atoms with van der Waals surface area (Å²) < 4.78 is 0. The van der Waals surface area contributed by atoms with Crippen LogP contribution in [0.25, 0.3) is 11.3 Å². The van der Waals surface area contributed by atoms with Gasteiger partial charge in [-0.1, -0.05) is 23.8 Å². The molecule has 1 unspecified atom stereocenters. The summed E-state index contributed by atoms with van der Waals surface area (Å²) in [5.41, 5.74) is 6.09. The Morgan fingerprint density at radius 3 is 2.88 bits per heavy atom. The lowest BCUT2D eigenvalue weighted by atomic mass is 9.96. The van der Waals surface area contributed by atoms with E-state index in [2.05, 4.69) is 35.1 Å². The first-order valence-corrected chi connectivity index (χ1v) is 9.73. The van der Waals surface area contributed by atoms with Crippen molar-refractivity contribution >= 4 is 22.9 Å². The number of aromatic nitrogens is 1. The fraction of sp³-hybridized carbons (Fsp3) is 0.400. The maximum absolute atomic E-state index is 12.6. The lowest BCUT2D eigenvalue weighted by Gasteiger charge is -2.32. The Kier molecular flexibility index (Phi) is 6.00. The number of hydrogen-bond acceptors (Lipinski definition) is 4. The molecule has 132 valence electrons. The Labute approximate surface area is 153 Å². The molecule has 0 saturated carbocycles. The zero-order chi connectivity index (χ0) is 17.6. The molecule has 3 rings (SSSR count). The first kappa shape index (κ1) is 17.8. The Morgan fingerprint density at radius 2 is 2.20 bits per heavy atom. The van der Waals surface area contributed by atoms with E-state index in [1.54, 1.807) is 11.3 Å². The topological polar surface area (TPSA) is 45.2 Å². The van der Waals surface area contributed by atoms with Crippen molar-refractivity contribution in [2.75, 3.05) is 25.0 Å². The van der Waals surface area contributed by atoms with E-state index < -0.39 is 0 Å². The van der Waals surface area contributed by atoms with E-state index >= 15 is 0 Å². The number of likely N-dealkylation sites (tertiary alicyclic amines) is 1. The van der Waals surface area contributed by atoms with Crippen LogP contribution in [0.15, 0.2) is 46.8 Å². The molecule has 1 aromatic carbocycles. The minimum Gasteiger partial charge on any atom is -0.326 e. The van der Waals surface area contributed by atoms with Crippen molar-refractivity contribution in [3.05, 3.63) is 46.8 Å². The summed E-state index contributed by atoms with van der Waals surface area (Å²) in [7, 11) is 0. The second-order valence-corrected chi connectivity index (χ2v) is 7.37. The van der Waals surface area contributed by atoms with Gasteiger partial charge in [-0.3, -0.25) is 9.69 Å². The second-order valence-electron chi connectivity index (χ2n) is 6.65. The minimum atomic E-state index is 0.0663. The number of allylic oxidation sites excluding steroid dienone is 1. The highest BCUT2D eigenvalue weighted by molar-refractivity contribution is 7.07. The summed E-state index contributed by atoms with van der Waals surface area (Å²) in [5, 5.41) is 5.10. The van der Waals surface area contributed by atoms with Gasteiger partial charge < -0.3 is 5.32 Å². The average Bonchev–Trinajstić information content (AvgIpc) is 3.17. The standard InChI is InChI=1S/C20H25N3OS/c1-3-15(2)11-23-10-4-5-17(12-23)20(24)22-18-8-6-16(7-9-18)19-13-25-14-21-19/h3,6-9,13-14,17H,4-5,10-12H2,1-2H3,(H,22,24). The third kappa shape index (κ3) is 4.77. The van der Waals surface area contributed by atoms with Crippen LogP contribution in [0.1, 0.15) is 26.7 Å². The van der Waals surface area contributed by atoms with Gasteiger partial charge in [0.25, 0.3) is 0 Å². The van der Waals surface area contributed by atoms with Gasteiger partial charge in [0.15, 0.2) is 0 Å². The predicted molar refractivity (Wildman–Crippen MR) is 105 cm³/mol. The van der Waals surface area contributed by atoms with Crippen LogP contribution in [-0.2, 0) is 4.79 Å². The molecule has 1 N–H and O–H groups in total. The maximum Gasteiger partial charge on any atom is 0.228 e. The van der Waals surface area contributed by atoms with Crippen molar-refractivity contribution in [1.82, 2.24) is 9.88 Å². The maximum atomic E-state index is 12.6. The Balaban J connectivity index is 1.58. The lowest BCUT2D eigenvalue weighted by Crippen LogP contribution is -2.41. The smallest absolute Gasteiger partial charge is 0.228 e. The van der Waals surface area contributed by atoms with E-state index in [0.717, 1.165) is 49.4 Å². The molecule has 0 aliphatic carbocycles. The first-order chi connectivity index (χ1) is 12.2. The molecule has 0 bridgehead atoms. The van der Waals surface area contributed by atoms with Crippen LogP contribution in [0.3, 0.4) is 0 Å². The molecule has 1 aromatic heterocycles. The average molecular weight is 356 g/mol. The van der Waals surface area contributed by atoms with Crippen LogP contribution in [0.5, 0.6) is 0 Å². The Hall–Kier alpha value is -1.98. The number of rotatable bonds is 5. The fourth-order valence-electron chi connectivity index (χ4n) is 3.18. The third-order valence-electron chi connectivity index (χ3n) is 4.72. The molecule has 5 heteroatoms. The molecule has 2 aromatic rings. The minimum absolute atomic E-state index is 0.0663. The van der Waals surface area contributed by atoms with Gasteiger partial charge in [0.2, 0.25) is 5.91 Å². The number of amides is 1. The van der Waals surface area contributed by atoms with E-state index in [4.69, 9.17) is 0 Å². The summed E-state index contributed by atoms with van der Waals surface area (Å²) in [6.45, 7) is 7.10. The molecule has 2 heterocycles. The SMILES string of the molecule is CC=C(C)CN1CCCC(C(=O)Nc2ccc(-c3cscn3)cc2)C1. The number of carbonyl (C=O) groups excluding carboxylic acids is 1. The molecular weight excluding hydrogens is 330 g/mol. The number of benzene rings is 1. The number of anilines is 1. The lowest BCUT2D eigenvalue weighted by molar-refractivity contribution is -0.121. The largest absolute Gasteiger partial charge is 0.326 e. The van der Waals surface area contributed by atoms with Gasteiger partial charge in [0.1, 0.15) is 0 Å². The van der Waals surface area contributed by atoms with E-state index in [-0.39, 0.29) is 11.8 Å². The van der Waals surface area contributed by atoms with Gasteiger partial charge in [0.05, 0.1) is 17.1 Å². The monoisotopic (exact) mass is 355 g/mol. The molecule has 25 heavy (non-hydrogen) atoms. The number of nitrogens with zero attached hydrogens (tertiary/aromatic N) is 2. The zero-order valence-corrected chi connectivity index (χ0v) is 15.7. The molecule has 1 saturated heterocycles. The summed E-state index contributed by atoms with van der Waals surface area (Å²) in [6, 6.07) is 7.93. The first-order valence-electron chi connectivity index (χ1n) is 8.79. The van der Waals surface area contributed by atoms with Crippen molar-refractivity contribution in [3.8, 4) is 11.3 Å². The van der Waals surface area contributed by atoms with Crippen LogP contribution in [-0.4, -0.2) is 35.4 Å². The molecule has 1 aliphatic rings. The van der Waals surface area contributed by atoms with Crippen molar-refractivity contribution in [2.24, 2.45) is 5.92 Å². The second kappa shape index (κ2) is 8.41. The summed E-state index contributed by atoms with van der Waals surface area (Å²) >= 11 is 1.58. The van der Waals surface area contributed by atoms with Gasteiger partial charge >= 0.3 is 0 Å². The number of carbonyl (C=O) groups is 1. The molecule has 0 radical (unpaired) electrons. The number of piperidine rings is 1. The highest BCUT2D eigenvalue weighted by Gasteiger charge is 2.25. The van der Waals surface area contributed by atoms with Crippen LogP contribution in [0.4, 0.5) is 5.69 Å². The van der Waals surface area contributed by atoms with Crippen molar-refractivity contribution in [3.63, 3.8) is 0 Å². The molecule has 0 spiro atoms. The van der Waals surface area contributed by atoms with Gasteiger partial charge in [-0.05, 0) is 45.4 Å². The molecule has 1 fully saturated rings. The summed E-state index contributed by atoms with van der Waals surface area (Å²) in [4.78, 5) is 19.3. The highest BCUT2D eigenvalue weighted by Crippen LogP contribution is 2.23. The highest BCUT2D eigenvalue weighted by atomic mass is 32.1. The quantitative estimate of drug-likeness (QED) is 0.807. The molecular formula is C20H25N3OS. The predicted octanol–water partition coefficient (Wildman–Crippen LogP) is 4.43.